The van der Waals surface area contributed by atoms with E-state index in [1.165, 1.54) is 0 Å². The Morgan fingerprint density at radius 2 is 1.44 bits per heavy atom. The average Bonchev–Trinajstić information content (AvgIpc) is 2.69. The molecule has 0 aliphatic heterocycles. The first kappa shape index (κ1) is 18.7. The Bertz CT molecular complexity index is 851. The van der Waals surface area contributed by atoms with Crippen LogP contribution in [0.2, 0.25) is 0 Å². The van der Waals surface area contributed by atoms with E-state index in [1.807, 2.05) is 86.6 Å². The van der Waals surface area contributed by atoms with Gasteiger partial charge in [0.15, 0.2) is 0 Å². The van der Waals surface area contributed by atoms with Crippen molar-refractivity contribution in [1.82, 2.24) is 5.32 Å². The predicted molar refractivity (Wildman–Crippen MR) is 109 cm³/mol. The number of rotatable bonds is 6. The van der Waals surface area contributed by atoms with Crippen molar-refractivity contribution in [3.8, 4) is 5.75 Å². The van der Waals surface area contributed by atoms with Crippen molar-refractivity contribution in [3.63, 3.8) is 0 Å². The highest BCUT2D eigenvalue weighted by atomic mass is 16.5. The maximum absolute atomic E-state index is 13.3. The smallest absolute Gasteiger partial charge is 0.232 e. The topological polar surface area (TPSA) is 38.3 Å². The number of methoxy groups -OCH3 is 1. The molecule has 27 heavy (non-hydrogen) atoms. The number of hydrogen-bond donors (Lipinski definition) is 1. The van der Waals surface area contributed by atoms with Gasteiger partial charge in [-0.05, 0) is 31.0 Å². The van der Waals surface area contributed by atoms with E-state index in [0.717, 1.165) is 28.0 Å². The molecule has 1 atom stereocenters. The van der Waals surface area contributed by atoms with E-state index in [0.29, 0.717) is 0 Å². The Morgan fingerprint density at radius 1 is 0.889 bits per heavy atom. The zero-order chi connectivity index (χ0) is 19.2. The molecule has 138 valence electrons. The first-order valence-corrected chi connectivity index (χ1v) is 9.15. The lowest BCUT2D eigenvalue weighted by molar-refractivity contribution is -0.122. The molecule has 0 bridgehead atoms. The molecule has 3 aromatic carbocycles. The SMILES string of the molecule is COc1ccc(C)cc1[C@@H](C)NC(=O)C(c1ccccc1)c1ccccc1. The van der Waals surface area contributed by atoms with E-state index >= 15 is 0 Å². The van der Waals surface area contributed by atoms with Crippen molar-refractivity contribution in [2.24, 2.45) is 0 Å². The van der Waals surface area contributed by atoms with E-state index in [-0.39, 0.29) is 17.9 Å². The number of benzene rings is 3. The summed E-state index contributed by atoms with van der Waals surface area (Å²) in [6.07, 6.45) is 0. The fourth-order valence-electron chi connectivity index (χ4n) is 3.35. The normalized spacial score (nSPS) is 11.9. The second-order valence-electron chi connectivity index (χ2n) is 6.73. The van der Waals surface area contributed by atoms with Gasteiger partial charge in [-0.2, -0.15) is 0 Å². The summed E-state index contributed by atoms with van der Waals surface area (Å²) in [6.45, 7) is 4.02. The maximum atomic E-state index is 13.3. The van der Waals surface area contributed by atoms with E-state index < -0.39 is 0 Å². The van der Waals surface area contributed by atoms with Gasteiger partial charge in [0.05, 0.1) is 19.1 Å². The summed E-state index contributed by atoms with van der Waals surface area (Å²) in [5.74, 6) is 0.401. The first-order chi connectivity index (χ1) is 13.1. The molecule has 0 aliphatic rings. The number of ether oxygens (including phenoxy) is 1. The van der Waals surface area contributed by atoms with Crippen LogP contribution in [0.15, 0.2) is 78.9 Å². The molecule has 0 aromatic heterocycles. The van der Waals surface area contributed by atoms with Gasteiger partial charge in [0.2, 0.25) is 5.91 Å². The Kier molecular flexibility index (Phi) is 5.92. The van der Waals surface area contributed by atoms with Crippen LogP contribution in [-0.2, 0) is 4.79 Å². The summed E-state index contributed by atoms with van der Waals surface area (Å²) in [6, 6.07) is 25.6. The van der Waals surface area contributed by atoms with Gasteiger partial charge in [0.25, 0.3) is 0 Å². The van der Waals surface area contributed by atoms with Crippen LogP contribution in [0.5, 0.6) is 5.75 Å². The monoisotopic (exact) mass is 359 g/mol. The third kappa shape index (κ3) is 4.37. The van der Waals surface area contributed by atoms with Gasteiger partial charge >= 0.3 is 0 Å². The van der Waals surface area contributed by atoms with Gasteiger partial charge in [0, 0.05) is 5.56 Å². The second-order valence-corrected chi connectivity index (χ2v) is 6.73. The first-order valence-electron chi connectivity index (χ1n) is 9.15. The molecule has 0 spiro atoms. The zero-order valence-electron chi connectivity index (χ0n) is 16.0. The molecule has 0 fully saturated rings. The van der Waals surface area contributed by atoms with Crippen LogP contribution in [0.1, 0.15) is 41.1 Å². The quantitative estimate of drug-likeness (QED) is 0.672. The highest BCUT2D eigenvalue weighted by Crippen LogP contribution is 2.29. The van der Waals surface area contributed by atoms with Crippen molar-refractivity contribution >= 4 is 5.91 Å². The van der Waals surface area contributed by atoms with Crippen LogP contribution in [-0.4, -0.2) is 13.0 Å². The molecular weight excluding hydrogens is 334 g/mol. The van der Waals surface area contributed by atoms with Gasteiger partial charge < -0.3 is 10.1 Å². The summed E-state index contributed by atoms with van der Waals surface area (Å²) in [4.78, 5) is 13.3. The zero-order valence-corrected chi connectivity index (χ0v) is 16.0. The van der Waals surface area contributed by atoms with Crippen molar-refractivity contribution in [2.45, 2.75) is 25.8 Å². The standard InChI is InChI=1S/C24H25NO2/c1-17-14-15-22(27-3)21(16-17)18(2)25-24(26)23(19-10-6-4-7-11-19)20-12-8-5-9-13-20/h4-16,18,23H,1-3H3,(H,25,26)/t18-/m1/s1. The largest absolute Gasteiger partial charge is 0.496 e. The van der Waals surface area contributed by atoms with Crippen LogP contribution in [0.25, 0.3) is 0 Å². The van der Waals surface area contributed by atoms with Crippen LogP contribution in [0.3, 0.4) is 0 Å². The van der Waals surface area contributed by atoms with Gasteiger partial charge in [-0.3, -0.25) is 4.79 Å². The van der Waals surface area contributed by atoms with Crippen molar-refractivity contribution < 1.29 is 9.53 Å². The average molecular weight is 359 g/mol. The van der Waals surface area contributed by atoms with Crippen LogP contribution < -0.4 is 10.1 Å². The minimum Gasteiger partial charge on any atom is -0.496 e. The molecule has 3 rings (SSSR count). The molecule has 0 unspecified atom stereocenters. The molecule has 3 heteroatoms. The molecule has 0 saturated heterocycles. The number of hydrogen-bond acceptors (Lipinski definition) is 2. The fourth-order valence-corrected chi connectivity index (χ4v) is 3.35. The summed E-state index contributed by atoms with van der Waals surface area (Å²) in [5.41, 5.74) is 4.06. The number of aryl methyl sites for hydroxylation is 1. The molecule has 0 aliphatic carbocycles. The van der Waals surface area contributed by atoms with E-state index in [9.17, 15) is 4.79 Å². The predicted octanol–water partition coefficient (Wildman–Crippen LogP) is 5.01. The molecule has 1 amide bonds. The third-order valence-electron chi connectivity index (χ3n) is 4.74. The molecule has 3 aromatic rings. The number of amides is 1. The van der Waals surface area contributed by atoms with Crippen molar-refractivity contribution in [2.75, 3.05) is 7.11 Å². The summed E-state index contributed by atoms with van der Waals surface area (Å²) < 4.78 is 5.48. The minimum absolute atomic E-state index is 0.0246. The van der Waals surface area contributed by atoms with Crippen molar-refractivity contribution in [1.29, 1.82) is 0 Å². The molecular formula is C24H25NO2. The number of nitrogens with one attached hydrogen (secondary N) is 1. The highest BCUT2D eigenvalue weighted by Gasteiger charge is 2.25. The van der Waals surface area contributed by atoms with E-state index in [4.69, 9.17) is 4.74 Å². The minimum atomic E-state index is -0.356. The second kappa shape index (κ2) is 8.54. The fraction of sp³-hybridized carbons (Fsp3) is 0.208. The van der Waals surface area contributed by atoms with E-state index in [1.54, 1.807) is 7.11 Å². The van der Waals surface area contributed by atoms with Gasteiger partial charge in [-0.25, -0.2) is 0 Å². The lowest BCUT2D eigenvalue weighted by atomic mass is 9.90. The van der Waals surface area contributed by atoms with Gasteiger partial charge in [-0.15, -0.1) is 0 Å². The summed E-state index contributed by atoms with van der Waals surface area (Å²) >= 11 is 0. The Morgan fingerprint density at radius 3 is 1.96 bits per heavy atom. The molecule has 0 saturated carbocycles. The summed E-state index contributed by atoms with van der Waals surface area (Å²) in [7, 11) is 1.65. The molecule has 3 nitrogen and oxygen atoms in total. The van der Waals surface area contributed by atoms with Gasteiger partial charge in [-0.1, -0.05) is 78.4 Å². The third-order valence-corrected chi connectivity index (χ3v) is 4.74. The van der Waals surface area contributed by atoms with E-state index in [2.05, 4.69) is 11.4 Å². The van der Waals surface area contributed by atoms with Crippen molar-refractivity contribution in [3.05, 3.63) is 101 Å². The Hall–Kier alpha value is -3.07. The molecule has 0 heterocycles. The van der Waals surface area contributed by atoms with Crippen LogP contribution in [0, 0.1) is 6.92 Å². The highest BCUT2D eigenvalue weighted by molar-refractivity contribution is 5.87. The number of carbonyl (C=O) groups is 1. The van der Waals surface area contributed by atoms with Crippen LogP contribution in [0.4, 0.5) is 0 Å². The lowest BCUT2D eigenvalue weighted by Crippen LogP contribution is -2.32. The molecule has 1 N–H and O–H groups in total. The summed E-state index contributed by atoms with van der Waals surface area (Å²) in [5, 5.41) is 3.18. The van der Waals surface area contributed by atoms with Crippen LogP contribution >= 0.6 is 0 Å². The molecule has 0 radical (unpaired) electrons. The van der Waals surface area contributed by atoms with Gasteiger partial charge in [0.1, 0.15) is 5.75 Å². The Balaban J connectivity index is 1.90. The number of carbonyl (C=O) groups excluding carboxylic acids is 1. The lowest BCUT2D eigenvalue weighted by Gasteiger charge is -2.23. The maximum Gasteiger partial charge on any atom is 0.232 e. The Labute approximate surface area is 161 Å².